The summed E-state index contributed by atoms with van der Waals surface area (Å²) < 4.78 is 0. The first kappa shape index (κ1) is 18.3. The van der Waals surface area contributed by atoms with Crippen LogP contribution in [0.25, 0.3) is 0 Å². The molecule has 3 aromatic rings. The molecule has 0 atom stereocenters. The zero-order valence-electron chi connectivity index (χ0n) is 16.6. The molecule has 3 aromatic carbocycles. The molecule has 26 heavy (non-hydrogen) atoms. The van der Waals surface area contributed by atoms with Crippen LogP contribution in [0.3, 0.4) is 0 Å². The quantitative estimate of drug-likeness (QED) is 0.543. The van der Waals surface area contributed by atoms with E-state index < -0.39 is 0 Å². The van der Waals surface area contributed by atoms with Crippen LogP contribution in [0.15, 0.2) is 48.5 Å². The van der Waals surface area contributed by atoms with Gasteiger partial charge in [-0.25, -0.2) is 0 Å². The van der Waals surface area contributed by atoms with Crippen LogP contribution in [-0.4, -0.2) is 5.11 Å². The molecule has 0 saturated heterocycles. The maximum absolute atomic E-state index is 10.7. The highest BCUT2D eigenvalue weighted by atomic mass is 16.3. The van der Waals surface area contributed by atoms with E-state index in [1.165, 1.54) is 44.5 Å². The van der Waals surface area contributed by atoms with Gasteiger partial charge in [0.25, 0.3) is 0 Å². The Kier molecular flexibility index (Phi) is 4.91. The van der Waals surface area contributed by atoms with Crippen LogP contribution in [0.4, 0.5) is 0 Å². The molecule has 1 nitrogen and oxygen atoms in total. The Balaban J connectivity index is 2.38. The molecular weight excluding hydrogens is 316 g/mol. The largest absolute Gasteiger partial charge is 0.508 e. The summed E-state index contributed by atoms with van der Waals surface area (Å²) in [4.78, 5) is 0. The molecule has 3 rings (SSSR count). The lowest BCUT2D eigenvalue weighted by atomic mass is 9.78. The normalized spacial score (nSPS) is 11.2. The Bertz CT molecular complexity index is 909. The fraction of sp³-hybridized carbons (Fsp3) is 0.280. The molecule has 0 heterocycles. The molecule has 0 aliphatic rings. The van der Waals surface area contributed by atoms with Crippen molar-refractivity contribution in [1.29, 1.82) is 0 Å². The van der Waals surface area contributed by atoms with E-state index in [1.54, 1.807) is 6.07 Å². The maximum atomic E-state index is 10.7. The summed E-state index contributed by atoms with van der Waals surface area (Å²) in [6.07, 6.45) is 0. The summed E-state index contributed by atoms with van der Waals surface area (Å²) in [5.74, 6) is 0.378. The van der Waals surface area contributed by atoms with Gasteiger partial charge in [-0.05, 0) is 81.0 Å². The van der Waals surface area contributed by atoms with Gasteiger partial charge in [-0.15, -0.1) is 0 Å². The van der Waals surface area contributed by atoms with E-state index in [0.29, 0.717) is 5.75 Å². The van der Waals surface area contributed by atoms with E-state index in [1.807, 2.05) is 18.2 Å². The molecule has 1 N–H and O–H groups in total. The molecule has 0 bridgehead atoms. The smallest absolute Gasteiger partial charge is 0.119 e. The molecule has 0 spiro atoms. The first-order valence-electron chi connectivity index (χ1n) is 9.23. The topological polar surface area (TPSA) is 20.2 Å². The van der Waals surface area contributed by atoms with Crippen LogP contribution in [0.5, 0.6) is 5.75 Å². The average Bonchev–Trinajstić information content (AvgIpc) is 2.58. The van der Waals surface area contributed by atoms with Crippen molar-refractivity contribution in [3.05, 3.63) is 98.6 Å². The number of para-hydroxylation sites is 1. The minimum atomic E-state index is 0.0217. The summed E-state index contributed by atoms with van der Waals surface area (Å²) in [7, 11) is 0. The lowest BCUT2D eigenvalue weighted by Crippen LogP contribution is -2.10. The average molecular weight is 344 g/mol. The number of benzene rings is 3. The van der Waals surface area contributed by atoms with E-state index in [0.717, 1.165) is 5.56 Å². The van der Waals surface area contributed by atoms with E-state index in [4.69, 9.17) is 0 Å². The molecule has 0 fully saturated rings. The van der Waals surface area contributed by atoms with Crippen LogP contribution in [0, 0.1) is 41.5 Å². The molecule has 0 radical (unpaired) electrons. The first-order chi connectivity index (χ1) is 12.3. The summed E-state index contributed by atoms with van der Waals surface area (Å²) in [5.41, 5.74) is 11.2. The van der Waals surface area contributed by atoms with Crippen molar-refractivity contribution < 1.29 is 5.11 Å². The van der Waals surface area contributed by atoms with Crippen LogP contribution < -0.4 is 0 Å². The van der Waals surface area contributed by atoms with Crippen LogP contribution >= 0.6 is 0 Å². The number of phenols is 1. The zero-order chi connectivity index (χ0) is 19.0. The number of rotatable bonds is 3. The Morgan fingerprint density at radius 3 is 1.54 bits per heavy atom. The van der Waals surface area contributed by atoms with Gasteiger partial charge < -0.3 is 5.11 Å². The monoisotopic (exact) mass is 344 g/mol. The summed E-state index contributed by atoms with van der Waals surface area (Å²) in [5, 5.41) is 10.7. The molecule has 0 saturated carbocycles. The fourth-order valence-electron chi connectivity index (χ4n) is 3.98. The van der Waals surface area contributed by atoms with Crippen LogP contribution in [-0.2, 0) is 0 Å². The second kappa shape index (κ2) is 6.99. The van der Waals surface area contributed by atoms with Gasteiger partial charge in [-0.1, -0.05) is 53.6 Å². The van der Waals surface area contributed by atoms with Crippen molar-refractivity contribution in [3.8, 4) is 5.75 Å². The molecular formula is C25H28O. The molecule has 0 aliphatic carbocycles. The van der Waals surface area contributed by atoms with E-state index in [-0.39, 0.29) is 5.92 Å². The first-order valence-corrected chi connectivity index (χ1v) is 9.23. The zero-order valence-corrected chi connectivity index (χ0v) is 16.6. The van der Waals surface area contributed by atoms with Gasteiger partial charge in [0.2, 0.25) is 0 Å². The second-order valence-electron chi connectivity index (χ2n) is 7.58. The van der Waals surface area contributed by atoms with Gasteiger partial charge >= 0.3 is 0 Å². The lowest BCUT2D eigenvalue weighted by molar-refractivity contribution is 0.467. The third kappa shape index (κ3) is 3.26. The van der Waals surface area contributed by atoms with Gasteiger partial charge in [0.05, 0.1) is 0 Å². The van der Waals surface area contributed by atoms with Crippen LogP contribution in [0.1, 0.15) is 56.0 Å². The predicted octanol–water partition coefficient (Wildman–Crippen LogP) is 6.42. The highest BCUT2D eigenvalue weighted by molar-refractivity contribution is 5.56. The Morgan fingerprint density at radius 1 is 0.615 bits per heavy atom. The SMILES string of the molecule is Cc1cc(C)c(C)c(C(c2ccccc2O)c2cc(C)cc(C)c2C)c1. The van der Waals surface area contributed by atoms with Crippen molar-refractivity contribution in [2.75, 3.05) is 0 Å². The summed E-state index contributed by atoms with van der Waals surface area (Å²) in [6.45, 7) is 13.0. The van der Waals surface area contributed by atoms with E-state index in [9.17, 15) is 5.11 Å². The Labute approximate surface area is 157 Å². The number of hydrogen-bond acceptors (Lipinski definition) is 1. The van der Waals surface area contributed by atoms with E-state index in [2.05, 4.69) is 65.8 Å². The van der Waals surface area contributed by atoms with Gasteiger partial charge in [0.1, 0.15) is 5.75 Å². The third-order valence-electron chi connectivity index (χ3n) is 5.57. The Morgan fingerprint density at radius 2 is 1.08 bits per heavy atom. The minimum absolute atomic E-state index is 0.0217. The van der Waals surface area contributed by atoms with E-state index >= 15 is 0 Å². The molecule has 0 aliphatic heterocycles. The highest BCUT2D eigenvalue weighted by Crippen LogP contribution is 2.41. The van der Waals surface area contributed by atoms with Gasteiger partial charge in [-0.2, -0.15) is 0 Å². The molecule has 134 valence electrons. The van der Waals surface area contributed by atoms with Crippen LogP contribution in [0.2, 0.25) is 0 Å². The Hall–Kier alpha value is -2.54. The highest BCUT2D eigenvalue weighted by Gasteiger charge is 2.24. The number of aryl methyl sites for hydroxylation is 4. The second-order valence-corrected chi connectivity index (χ2v) is 7.58. The number of hydrogen-bond donors (Lipinski definition) is 1. The summed E-state index contributed by atoms with van der Waals surface area (Å²) >= 11 is 0. The summed E-state index contributed by atoms with van der Waals surface area (Å²) in [6, 6.07) is 16.8. The lowest BCUT2D eigenvalue weighted by Gasteiger charge is -2.26. The van der Waals surface area contributed by atoms with Gasteiger partial charge in [0.15, 0.2) is 0 Å². The van der Waals surface area contributed by atoms with Crippen molar-refractivity contribution >= 4 is 0 Å². The van der Waals surface area contributed by atoms with Gasteiger partial charge in [-0.3, -0.25) is 0 Å². The third-order valence-corrected chi connectivity index (χ3v) is 5.57. The molecule has 0 unspecified atom stereocenters. The minimum Gasteiger partial charge on any atom is -0.508 e. The molecule has 1 heteroatoms. The molecule has 0 aromatic heterocycles. The van der Waals surface area contributed by atoms with Gasteiger partial charge in [0, 0.05) is 11.5 Å². The maximum Gasteiger partial charge on any atom is 0.119 e. The standard InChI is InChI=1S/C25H28O/c1-15-11-17(3)19(5)22(13-15)25(21-9-7-8-10-24(21)26)23-14-16(2)12-18(4)20(23)6/h7-14,25-26H,1-6H3. The molecule has 0 amide bonds. The van der Waals surface area contributed by atoms with Crippen molar-refractivity contribution in [2.45, 2.75) is 47.5 Å². The predicted molar refractivity (Wildman–Crippen MR) is 110 cm³/mol. The fourth-order valence-corrected chi connectivity index (χ4v) is 3.98. The number of aromatic hydroxyl groups is 1. The van der Waals surface area contributed by atoms with Crippen molar-refractivity contribution in [3.63, 3.8) is 0 Å². The van der Waals surface area contributed by atoms with Crippen molar-refractivity contribution in [1.82, 2.24) is 0 Å². The van der Waals surface area contributed by atoms with Crippen molar-refractivity contribution in [2.24, 2.45) is 0 Å². The number of phenolic OH excluding ortho intramolecular Hbond substituents is 1.